The summed E-state index contributed by atoms with van der Waals surface area (Å²) >= 11 is 0. The van der Waals surface area contributed by atoms with Crippen molar-refractivity contribution >= 4 is 11.9 Å². The molecule has 0 aliphatic carbocycles. The van der Waals surface area contributed by atoms with Gasteiger partial charge < -0.3 is 10.4 Å². The number of hydrogen-bond donors (Lipinski definition) is 2. The van der Waals surface area contributed by atoms with Crippen molar-refractivity contribution in [2.45, 2.75) is 25.3 Å². The van der Waals surface area contributed by atoms with E-state index in [1.807, 2.05) is 0 Å². The minimum Gasteiger partial charge on any atom is -0.480 e. The van der Waals surface area contributed by atoms with Crippen LogP contribution in [0.25, 0.3) is 0 Å². The zero-order valence-electron chi connectivity index (χ0n) is 10.4. The maximum Gasteiger partial charge on any atom is 0.326 e. The molecular weight excluding hydrogens is 249 g/mol. The van der Waals surface area contributed by atoms with Gasteiger partial charge in [-0.15, -0.1) is 6.58 Å². The number of allylic oxidation sites excluding steroid dienone is 1. The number of benzene rings is 1. The molecule has 19 heavy (non-hydrogen) atoms. The highest BCUT2D eigenvalue weighted by atomic mass is 19.1. The van der Waals surface area contributed by atoms with Gasteiger partial charge in [-0.25, -0.2) is 9.18 Å². The predicted molar refractivity (Wildman–Crippen MR) is 69.1 cm³/mol. The first-order chi connectivity index (χ1) is 9.02. The summed E-state index contributed by atoms with van der Waals surface area (Å²) < 4.78 is 12.9. The van der Waals surface area contributed by atoms with Crippen LogP contribution in [0.15, 0.2) is 36.9 Å². The van der Waals surface area contributed by atoms with Crippen molar-refractivity contribution in [3.63, 3.8) is 0 Å². The van der Waals surface area contributed by atoms with Gasteiger partial charge in [0.15, 0.2) is 0 Å². The van der Waals surface area contributed by atoms with Crippen LogP contribution < -0.4 is 5.32 Å². The Morgan fingerprint density at radius 2 is 2.21 bits per heavy atom. The van der Waals surface area contributed by atoms with Crippen LogP contribution in [0.4, 0.5) is 4.39 Å². The van der Waals surface area contributed by atoms with E-state index in [-0.39, 0.29) is 12.8 Å². The van der Waals surface area contributed by atoms with Crippen LogP contribution in [0.3, 0.4) is 0 Å². The van der Waals surface area contributed by atoms with Gasteiger partial charge in [-0.1, -0.05) is 18.2 Å². The highest BCUT2D eigenvalue weighted by Gasteiger charge is 2.18. The van der Waals surface area contributed by atoms with E-state index < -0.39 is 23.7 Å². The normalized spacial score (nSPS) is 11.6. The molecule has 0 bridgehead atoms. The molecule has 5 heteroatoms. The van der Waals surface area contributed by atoms with Gasteiger partial charge in [0.25, 0.3) is 0 Å². The molecule has 0 unspecified atom stereocenters. The number of hydrogen-bond acceptors (Lipinski definition) is 2. The number of rotatable bonds is 7. The van der Waals surface area contributed by atoms with Gasteiger partial charge >= 0.3 is 5.97 Å². The van der Waals surface area contributed by atoms with Crippen LogP contribution in [0.5, 0.6) is 0 Å². The number of carboxylic acids is 1. The van der Waals surface area contributed by atoms with Crippen molar-refractivity contribution in [1.29, 1.82) is 0 Å². The molecule has 0 aromatic heterocycles. The lowest BCUT2D eigenvalue weighted by molar-refractivity contribution is -0.141. The van der Waals surface area contributed by atoms with E-state index in [0.29, 0.717) is 12.0 Å². The highest BCUT2D eigenvalue weighted by molar-refractivity contribution is 5.84. The van der Waals surface area contributed by atoms with Crippen LogP contribution in [0, 0.1) is 5.82 Å². The SMILES string of the molecule is C=CCC[C@@H](NC(=O)Cc1cccc(F)c1)C(=O)O. The van der Waals surface area contributed by atoms with Crippen molar-refractivity contribution in [2.75, 3.05) is 0 Å². The molecular formula is C14H16FNO3. The Morgan fingerprint density at radius 3 is 2.79 bits per heavy atom. The smallest absolute Gasteiger partial charge is 0.326 e. The van der Waals surface area contributed by atoms with E-state index in [1.165, 1.54) is 18.2 Å². The highest BCUT2D eigenvalue weighted by Crippen LogP contribution is 2.05. The van der Waals surface area contributed by atoms with Gasteiger partial charge in [-0.05, 0) is 30.5 Å². The molecule has 0 saturated heterocycles. The predicted octanol–water partition coefficient (Wildman–Crippen LogP) is 1.90. The molecule has 0 heterocycles. The first-order valence-corrected chi connectivity index (χ1v) is 5.90. The van der Waals surface area contributed by atoms with E-state index in [2.05, 4.69) is 11.9 Å². The molecule has 0 spiro atoms. The summed E-state index contributed by atoms with van der Waals surface area (Å²) in [5.41, 5.74) is 0.505. The topological polar surface area (TPSA) is 66.4 Å². The number of amides is 1. The van der Waals surface area contributed by atoms with Gasteiger partial charge in [0.1, 0.15) is 11.9 Å². The molecule has 1 aromatic rings. The molecule has 1 rings (SSSR count). The van der Waals surface area contributed by atoms with Gasteiger partial charge in [0.2, 0.25) is 5.91 Å². The van der Waals surface area contributed by atoms with Gasteiger partial charge in [-0.3, -0.25) is 4.79 Å². The summed E-state index contributed by atoms with van der Waals surface area (Å²) in [4.78, 5) is 22.6. The zero-order chi connectivity index (χ0) is 14.3. The molecule has 1 amide bonds. The summed E-state index contributed by atoms with van der Waals surface area (Å²) in [6.07, 6.45) is 2.33. The van der Waals surface area contributed by atoms with Crippen LogP contribution in [0.1, 0.15) is 18.4 Å². The maximum atomic E-state index is 12.9. The zero-order valence-corrected chi connectivity index (χ0v) is 10.4. The minimum absolute atomic E-state index is 0.0460. The Labute approximate surface area is 110 Å². The fourth-order valence-corrected chi connectivity index (χ4v) is 1.62. The quantitative estimate of drug-likeness (QED) is 0.740. The van der Waals surface area contributed by atoms with Crippen molar-refractivity contribution in [3.05, 3.63) is 48.3 Å². The first-order valence-electron chi connectivity index (χ1n) is 5.90. The summed E-state index contributed by atoms with van der Waals surface area (Å²) in [7, 11) is 0. The third-order valence-electron chi connectivity index (χ3n) is 2.55. The Morgan fingerprint density at radius 1 is 1.47 bits per heavy atom. The van der Waals surface area contributed by atoms with E-state index in [4.69, 9.17) is 5.11 Å². The van der Waals surface area contributed by atoms with Crippen LogP contribution >= 0.6 is 0 Å². The second-order valence-electron chi connectivity index (χ2n) is 4.13. The Bertz CT molecular complexity index is 474. The third-order valence-corrected chi connectivity index (χ3v) is 2.55. The molecule has 0 radical (unpaired) electrons. The standard InChI is InChI=1S/C14H16FNO3/c1-2-3-7-12(14(18)19)16-13(17)9-10-5-4-6-11(15)8-10/h2,4-6,8,12H,1,3,7,9H2,(H,16,17)(H,18,19)/t12-/m1/s1. The van der Waals surface area contributed by atoms with Crippen LogP contribution in [-0.2, 0) is 16.0 Å². The van der Waals surface area contributed by atoms with Gasteiger partial charge in [-0.2, -0.15) is 0 Å². The number of carboxylic acid groups (broad SMARTS) is 1. The average molecular weight is 265 g/mol. The number of halogens is 1. The number of aliphatic carboxylic acids is 1. The lowest BCUT2D eigenvalue weighted by Crippen LogP contribution is -2.41. The number of carbonyl (C=O) groups excluding carboxylic acids is 1. The molecule has 4 nitrogen and oxygen atoms in total. The van der Waals surface area contributed by atoms with Crippen molar-refractivity contribution < 1.29 is 19.1 Å². The Hall–Kier alpha value is -2.17. The molecule has 0 saturated carbocycles. The van der Waals surface area contributed by atoms with Gasteiger partial charge in [0.05, 0.1) is 6.42 Å². The summed E-state index contributed by atoms with van der Waals surface area (Å²) in [6.45, 7) is 3.50. The van der Waals surface area contributed by atoms with Crippen molar-refractivity contribution in [2.24, 2.45) is 0 Å². The Balaban J connectivity index is 2.57. The molecule has 1 aromatic carbocycles. The summed E-state index contributed by atoms with van der Waals surface area (Å²) in [6, 6.07) is 4.70. The number of carbonyl (C=O) groups is 2. The summed E-state index contributed by atoms with van der Waals surface area (Å²) in [5.74, 6) is -1.96. The lowest BCUT2D eigenvalue weighted by Gasteiger charge is -2.13. The minimum atomic E-state index is -1.09. The van der Waals surface area contributed by atoms with Crippen molar-refractivity contribution in [1.82, 2.24) is 5.32 Å². The maximum absolute atomic E-state index is 12.9. The lowest BCUT2D eigenvalue weighted by atomic mass is 10.1. The summed E-state index contributed by atoms with van der Waals surface area (Å²) in [5, 5.41) is 11.4. The van der Waals surface area contributed by atoms with E-state index in [1.54, 1.807) is 12.1 Å². The van der Waals surface area contributed by atoms with E-state index in [9.17, 15) is 14.0 Å². The first kappa shape index (κ1) is 14.9. The van der Waals surface area contributed by atoms with E-state index in [0.717, 1.165) is 0 Å². The molecule has 2 N–H and O–H groups in total. The molecule has 1 atom stereocenters. The van der Waals surface area contributed by atoms with E-state index >= 15 is 0 Å². The molecule has 0 fully saturated rings. The molecule has 102 valence electrons. The van der Waals surface area contributed by atoms with Crippen molar-refractivity contribution in [3.8, 4) is 0 Å². The average Bonchev–Trinajstić information content (AvgIpc) is 2.34. The van der Waals surface area contributed by atoms with Gasteiger partial charge in [0, 0.05) is 0 Å². The fourth-order valence-electron chi connectivity index (χ4n) is 1.62. The number of nitrogens with one attached hydrogen (secondary N) is 1. The second-order valence-corrected chi connectivity index (χ2v) is 4.13. The Kier molecular flexibility index (Phi) is 5.73. The largest absolute Gasteiger partial charge is 0.480 e. The monoisotopic (exact) mass is 265 g/mol. The second kappa shape index (κ2) is 7.31. The van der Waals surface area contributed by atoms with Crippen LogP contribution in [0.2, 0.25) is 0 Å². The fraction of sp³-hybridized carbons (Fsp3) is 0.286. The molecule has 0 aliphatic heterocycles. The third kappa shape index (κ3) is 5.33. The molecule has 0 aliphatic rings. The van der Waals surface area contributed by atoms with Crippen LogP contribution in [-0.4, -0.2) is 23.0 Å².